The van der Waals surface area contributed by atoms with Gasteiger partial charge in [-0.2, -0.15) is 0 Å². The first-order chi connectivity index (χ1) is 10.1. The van der Waals surface area contributed by atoms with Crippen LogP contribution in [0.25, 0.3) is 0 Å². The van der Waals surface area contributed by atoms with Gasteiger partial charge in [0.15, 0.2) is 0 Å². The minimum Gasteiger partial charge on any atom is -0.352 e. The Balaban J connectivity index is 1.73. The largest absolute Gasteiger partial charge is 0.352 e. The molecule has 8 heteroatoms. The first kappa shape index (κ1) is 14.6. The van der Waals surface area contributed by atoms with Crippen molar-refractivity contribution in [2.45, 2.75) is 0 Å². The number of pyridine rings is 1. The highest BCUT2D eigenvalue weighted by atomic mass is 35.5. The lowest BCUT2D eigenvalue weighted by atomic mass is 10.3. The number of nitrogens with zero attached hydrogens (tertiary/aromatic N) is 5. The van der Waals surface area contributed by atoms with E-state index in [-0.39, 0.29) is 5.15 Å². The van der Waals surface area contributed by atoms with Crippen molar-refractivity contribution >= 4 is 46.6 Å². The van der Waals surface area contributed by atoms with E-state index in [0.29, 0.717) is 15.9 Å². The topological polar surface area (TPSA) is 45.2 Å². The van der Waals surface area contributed by atoms with Crippen LogP contribution in [0.1, 0.15) is 0 Å². The van der Waals surface area contributed by atoms with E-state index in [1.807, 2.05) is 0 Å². The summed E-state index contributed by atoms with van der Waals surface area (Å²) >= 11 is 18.1. The van der Waals surface area contributed by atoms with Crippen LogP contribution < -0.4 is 9.80 Å². The summed E-state index contributed by atoms with van der Waals surface area (Å²) in [5.41, 5.74) is 0. The molecule has 3 rings (SSSR count). The van der Waals surface area contributed by atoms with Crippen molar-refractivity contribution in [2.24, 2.45) is 0 Å². The zero-order chi connectivity index (χ0) is 14.8. The molecule has 1 aliphatic rings. The molecule has 0 N–H and O–H groups in total. The van der Waals surface area contributed by atoms with Crippen molar-refractivity contribution in [1.29, 1.82) is 0 Å². The molecule has 0 unspecified atom stereocenters. The molecule has 0 aromatic carbocycles. The van der Waals surface area contributed by atoms with E-state index in [0.717, 1.165) is 32.1 Å². The summed E-state index contributed by atoms with van der Waals surface area (Å²) in [5.74, 6) is 1.41. The van der Waals surface area contributed by atoms with Gasteiger partial charge < -0.3 is 9.80 Å². The highest BCUT2D eigenvalue weighted by molar-refractivity contribution is 6.42. The molecule has 0 atom stereocenters. The van der Waals surface area contributed by atoms with Crippen molar-refractivity contribution in [1.82, 2.24) is 15.0 Å². The van der Waals surface area contributed by atoms with Crippen molar-refractivity contribution in [2.75, 3.05) is 36.0 Å². The third-order valence-electron chi connectivity index (χ3n) is 3.28. The maximum atomic E-state index is 6.20. The number of hydrogen-bond donors (Lipinski definition) is 0. The molecule has 21 heavy (non-hydrogen) atoms. The van der Waals surface area contributed by atoms with Crippen LogP contribution in [-0.2, 0) is 0 Å². The van der Waals surface area contributed by atoms with Crippen LogP contribution in [0.2, 0.25) is 15.2 Å². The number of aromatic nitrogens is 3. The molecule has 0 bridgehead atoms. The van der Waals surface area contributed by atoms with E-state index in [9.17, 15) is 0 Å². The molecule has 0 radical (unpaired) electrons. The zero-order valence-corrected chi connectivity index (χ0v) is 13.3. The summed E-state index contributed by atoms with van der Waals surface area (Å²) in [5, 5.41) is 1.14. The average Bonchev–Trinajstić information content (AvgIpc) is 2.52. The summed E-state index contributed by atoms with van der Waals surface area (Å²) in [6.45, 7) is 3.12. The minimum atomic E-state index is 0.268. The Labute approximate surface area is 137 Å². The molecule has 0 amide bonds. The van der Waals surface area contributed by atoms with E-state index in [2.05, 4.69) is 24.8 Å². The molecule has 0 spiro atoms. The first-order valence-electron chi connectivity index (χ1n) is 6.43. The maximum Gasteiger partial charge on any atom is 0.225 e. The Morgan fingerprint density at radius 2 is 1.48 bits per heavy atom. The first-order valence-corrected chi connectivity index (χ1v) is 7.57. The molecular weight excluding hydrogens is 333 g/mol. The SMILES string of the molecule is Clc1cc(Cl)c(N2CCN(c3ncccn3)CC2)nc1Cl. The summed E-state index contributed by atoms with van der Waals surface area (Å²) < 4.78 is 0. The number of piperazine rings is 1. The predicted molar refractivity (Wildman–Crippen MR) is 85.7 cm³/mol. The lowest BCUT2D eigenvalue weighted by Crippen LogP contribution is -2.47. The van der Waals surface area contributed by atoms with Crippen molar-refractivity contribution in [3.05, 3.63) is 39.7 Å². The Kier molecular flexibility index (Phi) is 4.33. The van der Waals surface area contributed by atoms with Crippen LogP contribution >= 0.6 is 34.8 Å². The normalized spacial score (nSPS) is 15.4. The van der Waals surface area contributed by atoms with Gasteiger partial charge >= 0.3 is 0 Å². The molecule has 2 aromatic rings. The average molecular weight is 345 g/mol. The molecular formula is C13H12Cl3N5. The fourth-order valence-corrected chi connectivity index (χ4v) is 2.84. The number of hydrogen-bond acceptors (Lipinski definition) is 5. The monoisotopic (exact) mass is 343 g/mol. The minimum absolute atomic E-state index is 0.268. The quantitative estimate of drug-likeness (QED) is 0.783. The Morgan fingerprint density at radius 3 is 2.14 bits per heavy atom. The maximum absolute atomic E-state index is 6.20. The van der Waals surface area contributed by atoms with Crippen molar-refractivity contribution in [3.8, 4) is 0 Å². The fraction of sp³-hybridized carbons (Fsp3) is 0.308. The van der Waals surface area contributed by atoms with Gasteiger partial charge in [-0.15, -0.1) is 0 Å². The summed E-state index contributed by atoms with van der Waals surface area (Å²) in [6, 6.07) is 3.43. The summed E-state index contributed by atoms with van der Waals surface area (Å²) in [7, 11) is 0. The van der Waals surface area contributed by atoms with Gasteiger partial charge in [-0.05, 0) is 12.1 Å². The zero-order valence-electron chi connectivity index (χ0n) is 11.0. The van der Waals surface area contributed by atoms with Gasteiger partial charge in [0.2, 0.25) is 5.95 Å². The summed E-state index contributed by atoms with van der Waals surface area (Å²) in [4.78, 5) is 17.0. The molecule has 0 saturated carbocycles. The van der Waals surface area contributed by atoms with E-state index >= 15 is 0 Å². The van der Waals surface area contributed by atoms with E-state index in [1.54, 1.807) is 24.5 Å². The van der Waals surface area contributed by atoms with Gasteiger partial charge in [0.05, 0.1) is 10.0 Å². The van der Waals surface area contributed by atoms with Crippen LogP contribution in [0.15, 0.2) is 24.5 Å². The van der Waals surface area contributed by atoms with Gasteiger partial charge in [0, 0.05) is 38.6 Å². The van der Waals surface area contributed by atoms with E-state index in [1.165, 1.54) is 0 Å². The molecule has 2 aromatic heterocycles. The van der Waals surface area contributed by atoms with Crippen LogP contribution in [0, 0.1) is 0 Å². The number of halogens is 3. The molecule has 110 valence electrons. The van der Waals surface area contributed by atoms with Gasteiger partial charge in [0.1, 0.15) is 11.0 Å². The molecule has 5 nitrogen and oxygen atoms in total. The number of anilines is 2. The van der Waals surface area contributed by atoms with Crippen molar-refractivity contribution < 1.29 is 0 Å². The Hall–Kier alpha value is -1.30. The molecule has 1 aliphatic heterocycles. The highest BCUT2D eigenvalue weighted by Crippen LogP contribution is 2.31. The number of rotatable bonds is 2. The Bertz CT molecular complexity index is 629. The lowest BCUT2D eigenvalue weighted by Gasteiger charge is -2.35. The van der Waals surface area contributed by atoms with Crippen LogP contribution in [0.3, 0.4) is 0 Å². The molecule has 1 fully saturated rings. The van der Waals surface area contributed by atoms with Crippen molar-refractivity contribution in [3.63, 3.8) is 0 Å². The highest BCUT2D eigenvalue weighted by Gasteiger charge is 2.22. The molecule has 0 aliphatic carbocycles. The third kappa shape index (κ3) is 3.15. The van der Waals surface area contributed by atoms with Gasteiger partial charge in [-0.1, -0.05) is 34.8 Å². The second kappa shape index (κ2) is 6.22. The van der Waals surface area contributed by atoms with Gasteiger partial charge in [-0.25, -0.2) is 15.0 Å². The van der Waals surface area contributed by atoms with Crippen LogP contribution in [0.4, 0.5) is 11.8 Å². The molecule has 3 heterocycles. The molecule has 1 saturated heterocycles. The smallest absolute Gasteiger partial charge is 0.225 e. The second-order valence-electron chi connectivity index (χ2n) is 4.59. The van der Waals surface area contributed by atoms with E-state index < -0.39 is 0 Å². The second-order valence-corrected chi connectivity index (χ2v) is 5.76. The predicted octanol–water partition coefficient (Wildman–Crippen LogP) is 3.16. The van der Waals surface area contributed by atoms with Gasteiger partial charge in [0.25, 0.3) is 0 Å². The Morgan fingerprint density at radius 1 is 0.857 bits per heavy atom. The third-order valence-corrected chi connectivity index (χ3v) is 4.23. The van der Waals surface area contributed by atoms with Crippen LogP contribution in [-0.4, -0.2) is 41.1 Å². The van der Waals surface area contributed by atoms with Crippen LogP contribution in [0.5, 0.6) is 0 Å². The lowest BCUT2D eigenvalue weighted by molar-refractivity contribution is 0.634. The fourth-order valence-electron chi connectivity index (χ4n) is 2.23. The van der Waals surface area contributed by atoms with E-state index in [4.69, 9.17) is 34.8 Å². The summed E-state index contributed by atoms with van der Waals surface area (Å²) in [6.07, 6.45) is 3.48. The van der Waals surface area contributed by atoms with Gasteiger partial charge in [-0.3, -0.25) is 0 Å². The standard InChI is InChI=1S/C13H12Cl3N5/c14-9-8-10(15)12(19-11(9)16)20-4-6-21(7-5-20)13-17-2-1-3-18-13/h1-3,8H,4-7H2.